The van der Waals surface area contributed by atoms with Gasteiger partial charge in [-0.25, -0.2) is 23.1 Å². The van der Waals surface area contributed by atoms with E-state index in [-0.39, 0.29) is 54.0 Å². The van der Waals surface area contributed by atoms with Gasteiger partial charge in [0.15, 0.2) is 40.2 Å². The van der Waals surface area contributed by atoms with Gasteiger partial charge < -0.3 is 9.64 Å². The number of benzene rings is 2. The van der Waals surface area contributed by atoms with E-state index >= 15 is 0 Å². The third kappa shape index (κ3) is 13.1. The monoisotopic (exact) mass is 708 g/mol. The second-order valence-electron chi connectivity index (χ2n) is 7.58. The molecule has 0 aromatic heterocycles. The van der Waals surface area contributed by atoms with Crippen LogP contribution in [-0.2, 0) is 51.5 Å². The van der Waals surface area contributed by atoms with Crippen LogP contribution in [0.1, 0.15) is 0 Å². The molecule has 0 spiro atoms. The molecule has 0 unspecified atom stereocenters. The van der Waals surface area contributed by atoms with E-state index in [2.05, 4.69) is 33.2 Å². The first-order chi connectivity index (χ1) is 20.9. The Morgan fingerprint density at radius 3 is 2.02 bits per heavy atom. The molecule has 0 saturated heterocycles. The molecule has 0 heterocycles. The molecule has 2 rings (SSSR count). The minimum Gasteiger partial charge on any atom is -0.494 e. The standard InChI is InChI=1S/C19H24N4O17S4/c1-33-19-12-16(21-20-14-2-4-15(5-3-14)43(28,29)11-10-36-44(30,31)32)17(23(24)25)13-18(19)22(6-8-34-41-39-37-26)7-9-35-42-40-38-27/h2-5,12-13,26-27H,6-11H2,1H3,(H,30,31,32). The van der Waals surface area contributed by atoms with Crippen LogP contribution in [0.5, 0.6) is 5.75 Å². The molecule has 2 aromatic carbocycles. The van der Waals surface area contributed by atoms with Crippen LogP contribution in [0.3, 0.4) is 0 Å². The Labute approximate surface area is 258 Å². The number of nitro benzene ring substituents is 1. The fraction of sp³-hybridized carbons (Fsp3) is 0.368. The van der Waals surface area contributed by atoms with E-state index in [1.807, 2.05) is 0 Å². The molecule has 0 aliphatic carbocycles. The topological polar surface area (TPSA) is 274 Å². The van der Waals surface area contributed by atoms with Gasteiger partial charge in [-0.15, -0.1) is 13.8 Å². The highest BCUT2D eigenvalue weighted by molar-refractivity contribution is 7.91. The number of anilines is 1. The van der Waals surface area contributed by atoms with Crippen molar-refractivity contribution in [2.45, 2.75) is 4.90 Å². The quantitative estimate of drug-likeness (QED) is 0.0300. The first-order valence-electron chi connectivity index (χ1n) is 11.4. The van der Waals surface area contributed by atoms with Crippen molar-refractivity contribution in [2.75, 3.05) is 50.7 Å². The van der Waals surface area contributed by atoms with Crippen LogP contribution < -0.4 is 9.64 Å². The van der Waals surface area contributed by atoms with E-state index in [4.69, 9.17) is 28.2 Å². The third-order valence-electron chi connectivity index (χ3n) is 4.97. The highest BCUT2D eigenvalue weighted by Gasteiger charge is 2.23. The number of sulfone groups is 1. The maximum absolute atomic E-state index is 12.3. The zero-order valence-corrected chi connectivity index (χ0v) is 25.5. The molecule has 0 bridgehead atoms. The molecule has 0 aliphatic rings. The highest BCUT2D eigenvalue weighted by atomic mass is 32.3. The zero-order chi connectivity index (χ0) is 32.6. The lowest BCUT2D eigenvalue weighted by Gasteiger charge is -2.25. The van der Waals surface area contributed by atoms with Gasteiger partial charge in [-0.3, -0.25) is 23.0 Å². The average Bonchev–Trinajstić information content (AvgIpc) is 2.97. The molecule has 3 N–H and O–H groups in total. The fourth-order valence-corrected chi connectivity index (χ4v) is 5.06. The van der Waals surface area contributed by atoms with Crippen LogP contribution >= 0.6 is 24.6 Å². The van der Waals surface area contributed by atoms with Gasteiger partial charge in [0.2, 0.25) is 0 Å². The van der Waals surface area contributed by atoms with Crippen molar-refractivity contribution < 1.29 is 72.9 Å². The summed E-state index contributed by atoms with van der Waals surface area (Å²) in [5.74, 6) is -0.613. The van der Waals surface area contributed by atoms with Crippen LogP contribution in [0, 0.1) is 10.1 Å². The Kier molecular flexibility index (Phi) is 16.1. The first kappa shape index (κ1) is 37.4. The van der Waals surface area contributed by atoms with Gasteiger partial charge in [-0.2, -0.15) is 13.5 Å². The predicted molar refractivity (Wildman–Crippen MR) is 149 cm³/mol. The molecule has 0 saturated carbocycles. The minimum atomic E-state index is -4.80. The summed E-state index contributed by atoms with van der Waals surface area (Å²) in [5.41, 5.74) is -0.362. The maximum Gasteiger partial charge on any atom is 0.397 e. The lowest BCUT2D eigenvalue weighted by molar-refractivity contribution is -0.434. The normalized spacial score (nSPS) is 12.1. The van der Waals surface area contributed by atoms with E-state index < -0.39 is 43.2 Å². The second kappa shape index (κ2) is 18.9. The summed E-state index contributed by atoms with van der Waals surface area (Å²) in [7, 11) is -7.48. The molecule has 0 fully saturated rings. The summed E-state index contributed by atoms with van der Waals surface area (Å²) in [6.45, 7) is -0.735. The number of ether oxygens (including phenoxy) is 1. The molecule has 44 heavy (non-hydrogen) atoms. The van der Waals surface area contributed by atoms with Crippen molar-refractivity contribution >= 4 is 67.6 Å². The van der Waals surface area contributed by atoms with Gasteiger partial charge >= 0.3 is 10.4 Å². The van der Waals surface area contributed by atoms with Gasteiger partial charge in [0.25, 0.3) is 5.69 Å². The van der Waals surface area contributed by atoms with E-state index in [1.165, 1.54) is 31.4 Å². The largest absolute Gasteiger partial charge is 0.494 e. The Morgan fingerprint density at radius 1 is 0.932 bits per heavy atom. The van der Waals surface area contributed by atoms with Crippen molar-refractivity contribution in [1.29, 1.82) is 0 Å². The van der Waals surface area contributed by atoms with Gasteiger partial charge in [0, 0.05) is 25.2 Å². The van der Waals surface area contributed by atoms with E-state index in [9.17, 15) is 26.9 Å². The molecule has 246 valence electrons. The number of nitro groups is 1. The first-order valence-corrected chi connectivity index (χ1v) is 15.8. The Morgan fingerprint density at radius 2 is 1.52 bits per heavy atom. The van der Waals surface area contributed by atoms with E-state index in [1.54, 1.807) is 4.90 Å². The Balaban J connectivity index is 2.29. The number of rotatable bonds is 22. The number of hydrogen-bond acceptors (Lipinski definition) is 21. The second-order valence-corrected chi connectivity index (χ2v) is 11.8. The van der Waals surface area contributed by atoms with E-state index in [0.717, 1.165) is 12.1 Å². The summed E-state index contributed by atoms with van der Waals surface area (Å²) >= 11 is 0.642. The SMILES string of the molecule is COc1cc(N=Nc2ccc(S(=O)(=O)CCOS(=O)(=O)O)cc2)c([N+](=O)[O-])cc1N(CCOSOOO)CCOSOOO. The van der Waals surface area contributed by atoms with Crippen molar-refractivity contribution in [3.05, 3.63) is 46.5 Å². The maximum atomic E-state index is 12.3. The van der Waals surface area contributed by atoms with Crippen molar-refractivity contribution in [2.24, 2.45) is 10.2 Å². The molecule has 0 radical (unpaired) electrons. The van der Waals surface area contributed by atoms with Gasteiger partial charge in [-0.05, 0) is 24.3 Å². The number of methoxy groups -OCH3 is 1. The van der Waals surface area contributed by atoms with E-state index in [0.29, 0.717) is 24.6 Å². The molecule has 2 aromatic rings. The molecule has 25 heteroatoms. The van der Waals surface area contributed by atoms with Crippen molar-refractivity contribution in [3.63, 3.8) is 0 Å². The van der Waals surface area contributed by atoms with Crippen LogP contribution in [-0.4, -0.2) is 82.6 Å². The molecular weight excluding hydrogens is 684 g/mol. The van der Waals surface area contributed by atoms with Crippen molar-refractivity contribution in [3.8, 4) is 5.75 Å². The van der Waals surface area contributed by atoms with Crippen LogP contribution in [0.2, 0.25) is 0 Å². The molecule has 21 nitrogen and oxygen atoms in total. The smallest absolute Gasteiger partial charge is 0.397 e. The van der Waals surface area contributed by atoms with Gasteiger partial charge in [0.05, 0.1) is 53.9 Å². The van der Waals surface area contributed by atoms with Gasteiger partial charge in [0.1, 0.15) is 5.75 Å². The number of nitrogens with zero attached hydrogens (tertiary/aromatic N) is 4. The number of hydrogen-bond donors (Lipinski definition) is 3. The fourth-order valence-electron chi connectivity index (χ4n) is 3.16. The molecular formula is C19H24N4O17S4. The zero-order valence-electron chi connectivity index (χ0n) is 22.2. The highest BCUT2D eigenvalue weighted by Crippen LogP contribution is 2.40. The predicted octanol–water partition coefficient (Wildman–Crippen LogP) is 3.42. The van der Waals surface area contributed by atoms with Crippen LogP contribution in [0.4, 0.5) is 22.7 Å². The number of azo groups is 1. The molecule has 0 amide bonds. The third-order valence-corrected chi connectivity index (χ3v) is 7.89. The van der Waals surface area contributed by atoms with Crippen LogP contribution in [0.15, 0.2) is 51.5 Å². The lowest BCUT2D eigenvalue weighted by Crippen LogP contribution is -2.30. The summed E-state index contributed by atoms with van der Waals surface area (Å²) < 4.78 is 82.3. The summed E-state index contributed by atoms with van der Waals surface area (Å²) in [6, 6.07) is 7.23. The summed E-state index contributed by atoms with van der Waals surface area (Å²) in [6.07, 6.45) is 0. The summed E-state index contributed by atoms with van der Waals surface area (Å²) in [5, 5.41) is 43.0. The van der Waals surface area contributed by atoms with Crippen LogP contribution in [0.25, 0.3) is 0 Å². The Bertz CT molecular complexity index is 1430. The Hall–Kier alpha value is -2.76. The minimum absolute atomic E-state index is 0.0465. The van der Waals surface area contributed by atoms with Gasteiger partial charge in [-0.1, -0.05) is 10.1 Å². The average molecular weight is 709 g/mol. The summed E-state index contributed by atoms with van der Waals surface area (Å²) in [4.78, 5) is 12.6. The molecule has 0 atom stereocenters. The lowest BCUT2D eigenvalue weighted by atomic mass is 10.2. The molecule has 0 aliphatic heterocycles. The van der Waals surface area contributed by atoms with Crippen molar-refractivity contribution in [1.82, 2.24) is 0 Å².